The summed E-state index contributed by atoms with van der Waals surface area (Å²) in [6.07, 6.45) is 0.809. The van der Waals surface area contributed by atoms with E-state index in [4.69, 9.17) is 17.4 Å². The van der Waals surface area contributed by atoms with Crippen molar-refractivity contribution in [2.75, 3.05) is 11.6 Å². The van der Waals surface area contributed by atoms with Crippen molar-refractivity contribution in [3.8, 4) is 11.4 Å². The summed E-state index contributed by atoms with van der Waals surface area (Å²) < 4.78 is 1.36. The van der Waals surface area contributed by atoms with Crippen molar-refractivity contribution in [3.63, 3.8) is 0 Å². The van der Waals surface area contributed by atoms with Crippen molar-refractivity contribution >= 4 is 29.3 Å². The van der Waals surface area contributed by atoms with Crippen LogP contribution in [0.3, 0.4) is 0 Å². The number of benzene rings is 2. The Balaban J connectivity index is 1.63. The van der Waals surface area contributed by atoms with Crippen LogP contribution in [0.5, 0.6) is 0 Å². The molecule has 0 radical (unpaired) electrons. The van der Waals surface area contributed by atoms with Gasteiger partial charge in [0.2, 0.25) is 11.1 Å². The van der Waals surface area contributed by atoms with Crippen molar-refractivity contribution in [3.05, 3.63) is 64.7 Å². The number of nitrogens with zero attached hydrogens (tertiary/aromatic N) is 3. The molecule has 146 valence electrons. The second-order valence-electron chi connectivity index (χ2n) is 6.38. The highest BCUT2D eigenvalue weighted by Gasteiger charge is 2.17. The molecule has 6 nitrogen and oxygen atoms in total. The Bertz CT molecular complexity index is 957. The number of thioether (sulfide) groups is 1. The van der Waals surface area contributed by atoms with Crippen LogP contribution in [-0.4, -0.2) is 26.5 Å². The number of nitrogens with two attached hydrogens (primary N) is 1. The minimum absolute atomic E-state index is 0.0249. The Morgan fingerprint density at radius 2 is 1.93 bits per heavy atom. The predicted molar refractivity (Wildman–Crippen MR) is 114 cm³/mol. The molecule has 0 aliphatic rings. The molecule has 0 unspecified atom stereocenters. The van der Waals surface area contributed by atoms with E-state index in [-0.39, 0.29) is 17.7 Å². The minimum Gasteiger partial charge on any atom is -0.349 e. The first kappa shape index (κ1) is 20.2. The lowest BCUT2D eigenvalue weighted by Gasteiger charge is -2.17. The third-order valence-corrected chi connectivity index (χ3v) is 5.61. The number of amides is 1. The fourth-order valence-corrected chi connectivity index (χ4v) is 3.68. The van der Waals surface area contributed by atoms with Gasteiger partial charge in [0.1, 0.15) is 0 Å². The SMILES string of the molecule is CC[C@@H](NC(=O)CSc1nnc(-c2ccccc2Cl)n1N)c1ccc(C)cc1. The van der Waals surface area contributed by atoms with E-state index in [0.29, 0.717) is 21.6 Å². The maximum atomic E-state index is 12.4. The third-order valence-electron chi connectivity index (χ3n) is 4.33. The number of rotatable bonds is 7. The Morgan fingerprint density at radius 3 is 2.61 bits per heavy atom. The van der Waals surface area contributed by atoms with E-state index in [1.54, 1.807) is 6.07 Å². The Kier molecular flexibility index (Phi) is 6.59. The molecule has 0 aliphatic carbocycles. The van der Waals surface area contributed by atoms with Gasteiger partial charge in [0, 0.05) is 5.56 Å². The van der Waals surface area contributed by atoms with Gasteiger partial charge in [-0.1, -0.05) is 72.2 Å². The number of hydrogen-bond donors (Lipinski definition) is 2. The first-order valence-electron chi connectivity index (χ1n) is 8.93. The van der Waals surface area contributed by atoms with Gasteiger partial charge in [0.15, 0.2) is 5.82 Å². The summed E-state index contributed by atoms with van der Waals surface area (Å²) in [6.45, 7) is 4.09. The van der Waals surface area contributed by atoms with Gasteiger partial charge in [-0.3, -0.25) is 4.79 Å². The van der Waals surface area contributed by atoms with E-state index in [0.717, 1.165) is 12.0 Å². The predicted octanol–water partition coefficient (Wildman–Crippen LogP) is 3.98. The molecule has 3 aromatic rings. The second-order valence-corrected chi connectivity index (χ2v) is 7.73. The van der Waals surface area contributed by atoms with E-state index in [9.17, 15) is 4.79 Å². The molecule has 0 bridgehead atoms. The fourth-order valence-electron chi connectivity index (χ4n) is 2.79. The van der Waals surface area contributed by atoms with Crippen LogP contribution in [0, 0.1) is 6.92 Å². The minimum atomic E-state index is -0.0836. The molecule has 0 saturated carbocycles. The van der Waals surface area contributed by atoms with Crippen molar-refractivity contribution in [1.82, 2.24) is 20.2 Å². The number of hydrogen-bond acceptors (Lipinski definition) is 5. The molecule has 0 spiro atoms. The Morgan fingerprint density at radius 1 is 1.21 bits per heavy atom. The monoisotopic (exact) mass is 415 g/mol. The van der Waals surface area contributed by atoms with Crippen LogP contribution in [-0.2, 0) is 4.79 Å². The molecule has 1 atom stereocenters. The Labute approximate surface area is 173 Å². The summed E-state index contributed by atoms with van der Waals surface area (Å²) >= 11 is 7.44. The van der Waals surface area contributed by atoms with Crippen LogP contribution < -0.4 is 11.2 Å². The lowest BCUT2D eigenvalue weighted by Crippen LogP contribution is -2.29. The van der Waals surface area contributed by atoms with Crippen LogP contribution in [0.15, 0.2) is 53.7 Å². The summed E-state index contributed by atoms with van der Waals surface area (Å²) in [6, 6.07) is 15.4. The van der Waals surface area contributed by atoms with Crippen molar-refractivity contribution in [1.29, 1.82) is 0 Å². The number of nitrogens with one attached hydrogen (secondary N) is 1. The normalized spacial score (nSPS) is 12.0. The quantitative estimate of drug-likeness (QED) is 0.450. The molecule has 8 heteroatoms. The summed E-state index contributed by atoms with van der Waals surface area (Å²) in [5, 5.41) is 12.2. The highest BCUT2D eigenvalue weighted by molar-refractivity contribution is 7.99. The van der Waals surface area contributed by atoms with Gasteiger partial charge < -0.3 is 11.2 Å². The van der Waals surface area contributed by atoms with Crippen LogP contribution >= 0.6 is 23.4 Å². The zero-order valence-electron chi connectivity index (χ0n) is 15.7. The average molecular weight is 416 g/mol. The number of nitrogen functional groups attached to an aromatic ring is 1. The maximum absolute atomic E-state index is 12.4. The first-order valence-corrected chi connectivity index (χ1v) is 10.3. The number of carbonyl (C=O) groups excluding carboxylic acids is 1. The fraction of sp³-hybridized carbons (Fsp3) is 0.250. The maximum Gasteiger partial charge on any atom is 0.230 e. The number of carbonyl (C=O) groups is 1. The zero-order valence-corrected chi connectivity index (χ0v) is 17.3. The molecule has 1 heterocycles. The van der Waals surface area contributed by atoms with Gasteiger partial charge in [-0.05, 0) is 31.0 Å². The summed E-state index contributed by atoms with van der Waals surface area (Å²) in [7, 11) is 0. The van der Waals surface area contributed by atoms with E-state index in [2.05, 4.69) is 15.5 Å². The standard InChI is InChI=1S/C20H22ClN5OS/c1-3-17(14-10-8-13(2)9-11-14)23-18(27)12-28-20-25-24-19(26(20)22)15-6-4-5-7-16(15)21/h4-11,17H,3,12,22H2,1-2H3,(H,23,27)/t17-/m1/s1. The molecule has 0 saturated heterocycles. The molecule has 28 heavy (non-hydrogen) atoms. The molecule has 0 fully saturated rings. The van der Waals surface area contributed by atoms with Crippen LogP contribution in [0.1, 0.15) is 30.5 Å². The van der Waals surface area contributed by atoms with E-state index in [1.165, 1.54) is 22.0 Å². The highest BCUT2D eigenvalue weighted by atomic mass is 35.5. The van der Waals surface area contributed by atoms with Gasteiger partial charge in [-0.25, -0.2) is 4.68 Å². The van der Waals surface area contributed by atoms with E-state index in [1.807, 2.05) is 56.3 Å². The highest BCUT2D eigenvalue weighted by Crippen LogP contribution is 2.27. The lowest BCUT2D eigenvalue weighted by molar-refractivity contribution is -0.119. The molecule has 0 aliphatic heterocycles. The molecule has 2 aromatic carbocycles. The second kappa shape index (κ2) is 9.12. The lowest BCUT2D eigenvalue weighted by atomic mass is 10.0. The van der Waals surface area contributed by atoms with Crippen molar-refractivity contribution in [2.45, 2.75) is 31.5 Å². The van der Waals surface area contributed by atoms with Crippen LogP contribution in [0.2, 0.25) is 5.02 Å². The third kappa shape index (κ3) is 4.66. The van der Waals surface area contributed by atoms with Crippen LogP contribution in [0.4, 0.5) is 0 Å². The number of halogens is 1. The average Bonchev–Trinajstić information content (AvgIpc) is 3.06. The molecular formula is C20H22ClN5OS. The molecule has 1 aromatic heterocycles. The first-order chi connectivity index (χ1) is 13.5. The van der Waals surface area contributed by atoms with E-state index >= 15 is 0 Å². The van der Waals surface area contributed by atoms with Gasteiger partial charge in [0.25, 0.3) is 0 Å². The molecule has 1 amide bonds. The molecular weight excluding hydrogens is 394 g/mol. The summed E-state index contributed by atoms with van der Waals surface area (Å²) in [5.74, 6) is 6.67. The van der Waals surface area contributed by atoms with Gasteiger partial charge in [0.05, 0.1) is 16.8 Å². The van der Waals surface area contributed by atoms with Gasteiger partial charge in [-0.15, -0.1) is 10.2 Å². The van der Waals surface area contributed by atoms with Crippen molar-refractivity contribution in [2.24, 2.45) is 0 Å². The topological polar surface area (TPSA) is 85.8 Å². The summed E-state index contributed by atoms with van der Waals surface area (Å²) in [4.78, 5) is 12.4. The number of aryl methyl sites for hydroxylation is 1. The van der Waals surface area contributed by atoms with E-state index < -0.39 is 0 Å². The smallest absolute Gasteiger partial charge is 0.230 e. The number of aromatic nitrogens is 3. The van der Waals surface area contributed by atoms with Crippen molar-refractivity contribution < 1.29 is 4.79 Å². The van der Waals surface area contributed by atoms with Crippen LogP contribution in [0.25, 0.3) is 11.4 Å². The van der Waals surface area contributed by atoms with Gasteiger partial charge >= 0.3 is 0 Å². The molecule has 3 N–H and O–H groups in total. The zero-order chi connectivity index (χ0) is 20.1. The largest absolute Gasteiger partial charge is 0.349 e. The Hall–Kier alpha value is -2.51. The summed E-state index contributed by atoms with van der Waals surface area (Å²) in [5.41, 5.74) is 2.98. The van der Waals surface area contributed by atoms with Gasteiger partial charge in [-0.2, -0.15) is 0 Å². The molecule has 3 rings (SSSR count).